The first-order valence-electron chi connectivity index (χ1n) is 12.1. The van der Waals surface area contributed by atoms with Gasteiger partial charge in [-0.2, -0.15) is 0 Å². The molecule has 0 heterocycles. The molecule has 172 valence electrons. The lowest BCUT2D eigenvalue weighted by molar-refractivity contribution is -0.00000632. The van der Waals surface area contributed by atoms with E-state index in [9.17, 15) is 0 Å². The summed E-state index contributed by atoms with van der Waals surface area (Å²) in [6.45, 7) is 2.29. The number of rotatable bonds is 13. The molecule has 3 heteroatoms. The molecule has 0 saturated carbocycles. The minimum atomic E-state index is -1.84. The number of nitrogens with one attached hydrogen (secondary N) is 1. The summed E-state index contributed by atoms with van der Waals surface area (Å²) in [6, 6.07) is 33.7. The molecule has 0 bridgehead atoms. The van der Waals surface area contributed by atoms with Crippen molar-refractivity contribution in [2.75, 3.05) is 7.05 Å². The van der Waals surface area contributed by atoms with Crippen LogP contribution in [0.3, 0.4) is 0 Å². The maximum absolute atomic E-state index is 3.80. The SMILES string of the molecule is CCCCCCCCCC(NC)[P+](c1ccccc1)(c1ccccc1)c1ccccc1.[Cl-]. The van der Waals surface area contributed by atoms with Crippen LogP contribution in [0.25, 0.3) is 0 Å². The van der Waals surface area contributed by atoms with Crippen molar-refractivity contribution in [1.82, 2.24) is 5.32 Å². The normalized spacial score (nSPS) is 12.2. The molecule has 0 spiro atoms. The Bertz CT molecular complexity index is 757. The molecule has 0 aliphatic carbocycles. The van der Waals surface area contributed by atoms with E-state index < -0.39 is 7.26 Å². The molecule has 1 unspecified atom stereocenters. The average molecular weight is 468 g/mol. The Hall–Kier alpha value is -1.66. The molecule has 32 heavy (non-hydrogen) atoms. The van der Waals surface area contributed by atoms with Crippen LogP contribution in [-0.2, 0) is 0 Å². The van der Waals surface area contributed by atoms with Crippen LogP contribution < -0.4 is 33.6 Å². The topological polar surface area (TPSA) is 12.0 Å². The minimum absolute atomic E-state index is 0. The molecule has 1 nitrogen and oxygen atoms in total. The van der Waals surface area contributed by atoms with E-state index in [0.29, 0.717) is 5.78 Å². The van der Waals surface area contributed by atoms with Crippen LogP contribution in [0.2, 0.25) is 0 Å². The molecule has 0 fully saturated rings. The molecule has 3 aromatic rings. The molecule has 0 saturated heterocycles. The second-order valence-electron chi connectivity index (χ2n) is 8.44. The van der Waals surface area contributed by atoms with E-state index in [-0.39, 0.29) is 12.4 Å². The second kappa shape index (κ2) is 14.5. The maximum atomic E-state index is 3.80. The number of unbranched alkanes of at least 4 members (excludes halogenated alkanes) is 6. The zero-order valence-corrected chi connectivity index (χ0v) is 21.4. The highest BCUT2D eigenvalue weighted by Gasteiger charge is 2.51. The van der Waals surface area contributed by atoms with E-state index in [1.54, 1.807) is 0 Å². The van der Waals surface area contributed by atoms with Gasteiger partial charge in [0.05, 0.1) is 0 Å². The third kappa shape index (κ3) is 6.44. The van der Waals surface area contributed by atoms with Gasteiger partial charge in [-0.3, -0.25) is 5.32 Å². The van der Waals surface area contributed by atoms with Crippen LogP contribution in [0.15, 0.2) is 91.0 Å². The highest BCUT2D eigenvalue weighted by molar-refractivity contribution is 7.96. The molecule has 3 rings (SSSR count). The molecule has 0 radical (unpaired) electrons. The predicted octanol–water partition coefficient (Wildman–Crippen LogP) is 3.67. The third-order valence-electron chi connectivity index (χ3n) is 6.37. The van der Waals surface area contributed by atoms with Crippen LogP contribution >= 0.6 is 7.26 Å². The summed E-state index contributed by atoms with van der Waals surface area (Å²) in [6.07, 6.45) is 10.7. The van der Waals surface area contributed by atoms with E-state index in [1.807, 2.05) is 0 Å². The van der Waals surface area contributed by atoms with Gasteiger partial charge >= 0.3 is 0 Å². The van der Waals surface area contributed by atoms with Crippen molar-refractivity contribution in [3.05, 3.63) is 91.0 Å². The van der Waals surface area contributed by atoms with Gasteiger partial charge in [-0.05, 0) is 56.3 Å². The Balaban J connectivity index is 0.00000363. The fourth-order valence-electron chi connectivity index (χ4n) is 4.80. The fraction of sp³-hybridized carbons (Fsp3) is 0.379. The summed E-state index contributed by atoms with van der Waals surface area (Å²) in [5.41, 5.74) is 0. The van der Waals surface area contributed by atoms with Gasteiger partial charge in [-0.15, -0.1) is 0 Å². The minimum Gasteiger partial charge on any atom is -1.00 e. The fourth-order valence-corrected chi connectivity index (χ4v) is 9.66. The Morgan fingerprint density at radius 1 is 0.594 bits per heavy atom. The third-order valence-corrected chi connectivity index (χ3v) is 11.2. The lowest BCUT2D eigenvalue weighted by atomic mass is 10.1. The van der Waals surface area contributed by atoms with Crippen LogP contribution in [0, 0.1) is 0 Å². The zero-order chi connectivity index (χ0) is 21.8. The molecule has 1 N–H and O–H groups in total. The number of halogens is 1. The van der Waals surface area contributed by atoms with Crippen LogP contribution in [0.5, 0.6) is 0 Å². The van der Waals surface area contributed by atoms with Crippen molar-refractivity contribution in [2.45, 2.75) is 64.1 Å². The van der Waals surface area contributed by atoms with Gasteiger partial charge in [0.25, 0.3) is 0 Å². The molecular formula is C29H39ClNP. The maximum Gasteiger partial charge on any atom is 0.133 e. The summed E-state index contributed by atoms with van der Waals surface area (Å²) in [7, 11) is 0.321. The quantitative estimate of drug-likeness (QED) is 0.299. The Morgan fingerprint density at radius 3 is 1.34 bits per heavy atom. The van der Waals surface area contributed by atoms with Gasteiger partial charge in [0.15, 0.2) is 0 Å². The van der Waals surface area contributed by atoms with Crippen LogP contribution in [0.1, 0.15) is 58.3 Å². The van der Waals surface area contributed by atoms with Crippen molar-refractivity contribution in [3.8, 4) is 0 Å². The lowest BCUT2D eigenvalue weighted by Crippen LogP contribution is -3.00. The van der Waals surface area contributed by atoms with Crippen molar-refractivity contribution >= 4 is 23.2 Å². The number of hydrogen-bond acceptors (Lipinski definition) is 1. The van der Waals surface area contributed by atoms with Gasteiger partial charge < -0.3 is 12.4 Å². The average Bonchev–Trinajstić information content (AvgIpc) is 2.84. The smallest absolute Gasteiger partial charge is 0.133 e. The van der Waals surface area contributed by atoms with Crippen LogP contribution in [-0.4, -0.2) is 12.8 Å². The summed E-state index contributed by atoms with van der Waals surface area (Å²) >= 11 is 0. The standard InChI is InChI=1S/C29H39NP.ClH/c1-3-4-5-6-7-8-18-25-29(30-2)31(26-19-12-9-13-20-26,27-21-14-10-15-22-27)28-23-16-11-17-24-28;/h9-17,19-24,29-30H,3-8,18,25H2,1-2H3;1H/q+1;/p-1. The van der Waals surface area contributed by atoms with Crippen molar-refractivity contribution in [3.63, 3.8) is 0 Å². The van der Waals surface area contributed by atoms with Crippen molar-refractivity contribution in [2.24, 2.45) is 0 Å². The van der Waals surface area contributed by atoms with E-state index in [2.05, 4.69) is 110 Å². The zero-order valence-electron chi connectivity index (χ0n) is 19.7. The monoisotopic (exact) mass is 467 g/mol. The molecule has 0 aliphatic rings. The Labute approximate surface area is 202 Å². The summed E-state index contributed by atoms with van der Waals surface area (Å²) in [5.74, 6) is 0.426. The van der Waals surface area contributed by atoms with Gasteiger partial charge in [0, 0.05) is 0 Å². The molecule has 3 aromatic carbocycles. The summed E-state index contributed by atoms with van der Waals surface area (Å²) in [4.78, 5) is 0. The summed E-state index contributed by atoms with van der Waals surface area (Å²) < 4.78 is 0. The Kier molecular flexibility index (Phi) is 12.0. The number of hydrogen-bond donors (Lipinski definition) is 1. The molecular weight excluding hydrogens is 429 g/mol. The van der Waals surface area contributed by atoms with Crippen LogP contribution in [0.4, 0.5) is 0 Å². The van der Waals surface area contributed by atoms with Gasteiger partial charge in [-0.25, -0.2) is 0 Å². The van der Waals surface area contributed by atoms with E-state index in [4.69, 9.17) is 0 Å². The van der Waals surface area contributed by atoms with E-state index in [0.717, 1.165) is 0 Å². The van der Waals surface area contributed by atoms with E-state index in [1.165, 1.54) is 67.3 Å². The number of benzene rings is 3. The van der Waals surface area contributed by atoms with Gasteiger partial charge in [-0.1, -0.05) is 100 Å². The predicted molar refractivity (Wildman–Crippen MR) is 141 cm³/mol. The molecule has 0 aliphatic heterocycles. The first-order chi connectivity index (χ1) is 15.3. The van der Waals surface area contributed by atoms with Gasteiger partial charge in [0.2, 0.25) is 0 Å². The second-order valence-corrected chi connectivity index (χ2v) is 12.1. The molecule has 1 atom stereocenters. The Morgan fingerprint density at radius 2 is 0.969 bits per heavy atom. The lowest BCUT2D eigenvalue weighted by Gasteiger charge is -2.34. The highest BCUT2D eigenvalue weighted by Crippen LogP contribution is 2.59. The summed E-state index contributed by atoms with van der Waals surface area (Å²) in [5, 5.41) is 8.20. The first-order valence-corrected chi connectivity index (χ1v) is 13.9. The van der Waals surface area contributed by atoms with E-state index >= 15 is 0 Å². The first kappa shape index (κ1) is 26.6. The van der Waals surface area contributed by atoms with Crippen molar-refractivity contribution in [1.29, 1.82) is 0 Å². The van der Waals surface area contributed by atoms with Crippen molar-refractivity contribution < 1.29 is 12.4 Å². The van der Waals surface area contributed by atoms with Gasteiger partial charge in [0.1, 0.15) is 29.0 Å². The molecule has 0 aromatic heterocycles. The largest absolute Gasteiger partial charge is 1.00 e. The highest BCUT2D eigenvalue weighted by atomic mass is 35.5. The molecule has 0 amide bonds.